The number of hydrogen-bond acceptors (Lipinski definition) is 4. The number of benzene rings is 24. The van der Waals surface area contributed by atoms with Crippen LogP contribution < -0.4 is 0 Å². The second kappa shape index (κ2) is 29.6. The third kappa shape index (κ3) is 11.7. The fourth-order valence-corrected chi connectivity index (χ4v) is 22.5. The monoisotopic (exact) mass is 1720 g/mol. The van der Waals surface area contributed by atoms with Crippen LogP contribution in [0.25, 0.3) is 285 Å². The Labute approximate surface area is 778 Å². The van der Waals surface area contributed by atoms with Gasteiger partial charge in [-0.3, -0.25) is 0 Å². The van der Waals surface area contributed by atoms with Crippen molar-refractivity contribution in [2.75, 3.05) is 0 Å². The first-order valence-electron chi connectivity index (χ1n) is 46.6. The van der Waals surface area contributed by atoms with Crippen LogP contribution in [-0.2, 0) is 0 Å². The van der Waals surface area contributed by atoms with Crippen molar-refractivity contribution >= 4 is 217 Å². The van der Waals surface area contributed by atoms with Crippen LogP contribution in [0.2, 0.25) is 0 Å². The highest BCUT2D eigenvalue weighted by molar-refractivity contribution is 6.22. The van der Waals surface area contributed by atoms with Gasteiger partial charge in [0.05, 0.1) is 89.0 Å². The van der Waals surface area contributed by atoms with Gasteiger partial charge in [-0.15, -0.1) is 0 Å². The summed E-state index contributed by atoms with van der Waals surface area (Å²) in [4.78, 5) is 22.1. The second-order valence-electron chi connectivity index (χ2n) is 36.3. The Morgan fingerprint density at radius 1 is 0.125 bits per heavy atom. The highest BCUT2D eigenvalue weighted by Gasteiger charge is 2.27. The van der Waals surface area contributed by atoms with Crippen LogP contribution in [-0.4, -0.2) is 38.2 Å². The zero-order valence-electron chi connectivity index (χ0n) is 73.5. The molecule has 136 heavy (non-hydrogen) atoms. The zero-order valence-corrected chi connectivity index (χ0v) is 73.5. The molecule has 0 saturated carbocycles. The molecule has 0 spiro atoms. The third-order valence-corrected chi connectivity index (χ3v) is 28.7. The topological polar surface area (TPSA) is 71.3 Å². The molecule has 0 radical (unpaired) electrons. The van der Waals surface area contributed by atoms with Crippen molar-refractivity contribution < 1.29 is 0 Å². The summed E-state index contributed by atoms with van der Waals surface area (Å²) in [5.41, 5.74) is 24.8. The summed E-state index contributed by atoms with van der Waals surface area (Å²) in [5, 5.41) is 33.7. The van der Waals surface area contributed by atoms with Gasteiger partial charge in [0.25, 0.3) is 0 Å². The Morgan fingerprint density at radius 2 is 0.404 bits per heavy atom. The molecular formula is C128H76N8. The van der Waals surface area contributed by atoms with Gasteiger partial charge in [-0.2, -0.15) is 0 Å². The standard InChI is InChI=1S/2C64H38N4/c1-3-17-41-35-60-53(32-39(41)15-1)51-25-11-14-28-59(51)67(60)45-29-30-52-54-33-40-16-2-4-18-42(40)36-61(54)68(62(52)38-45)46-31-43-19-5-8-22-48(43)56(37-46)64-63(65-57-26-12-13-27-58(57)66-64)55-34-44-20-6-7-21-47(44)49-23-9-10-24-50(49)55;1-2-15-42-36-61-54(33-41(42)14-1)51-19-7-11-23-59(51)67(61)47-30-29-43-37-62-55(35-46(43)32-47)52-20-8-12-24-60(52)68(62)48-31-44-16-4-6-18-50(44)56(38-48)64-63(65-57-21-9-10-22-58(57)66-64)45-28-27-40-26-25-39-13-3-5-17-49(39)53(40)34-45/h2*1-38H. The van der Waals surface area contributed by atoms with E-state index in [2.05, 4.69) is 467 Å². The van der Waals surface area contributed by atoms with Gasteiger partial charge in [0, 0.05) is 88.1 Å². The minimum absolute atomic E-state index is 0.853. The van der Waals surface area contributed by atoms with E-state index in [1.807, 2.05) is 12.1 Å². The van der Waals surface area contributed by atoms with Gasteiger partial charge in [0.1, 0.15) is 0 Å². The van der Waals surface area contributed by atoms with Crippen molar-refractivity contribution in [1.82, 2.24) is 38.2 Å². The lowest BCUT2D eigenvalue weighted by Gasteiger charge is -2.18. The molecule has 24 aromatic carbocycles. The quantitative estimate of drug-likeness (QED) is 0.142. The lowest BCUT2D eigenvalue weighted by molar-refractivity contribution is 1.16. The van der Waals surface area contributed by atoms with E-state index in [0.29, 0.717) is 0 Å². The fraction of sp³-hybridized carbons (Fsp3) is 0. The highest BCUT2D eigenvalue weighted by Crippen LogP contribution is 2.49. The van der Waals surface area contributed by atoms with Crippen LogP contribution in [0.1, 0.15) is 0 Å². The summed E-state index contributed by atoms with van der Waals surface area (Å²) < 4.78 is 9.82. The molecule has 6 heterocycles. The number of nitrogens with zero attached hydrogens (tertiary/aromatic N) is 8. The van der Waals surface area contributed by atoms with E-state index in [4.69, 9.17) is 19.9 Å². The fourth-order valence-electron chi connectivity index (χ4n) is 22.5. The van der Waals surface area contributed by atoms with Crippen molar-refractivity contribution in [2.24, 2.45) is 0 Å². The predicted molar refractivity (Wildman–Crippen MR) is 573 cm³/mol. The molecule has 0 aliphatic carbocycles. The first-order chi connectivity index (χ1) is 67.4. The maximum atomic E-state index is 5.60. The Balaban J connectivity index is 0.000000132. The summed E-state index contributed by atoms with van der Waals surface area (Å²) in [5.74, 6) is 0. The largest absolute Gasteiger partial charge is 0.309 e. The van der Waals surface area contributed by atoms with Crippen LogP contribution in [0.4, 0.5) is 0 Å². The SMILES string of the molecule is c1ccc2cc3c(cc2c1)c1ccccc1n3-c1ccc2c3cc4ccccc4cc3n(-c3cc(-c4nc5ccccc5nc4-c4cc5ccccc5c5ccccc45)c4ccccc4c3)c2c1.c1ccc2cc3c(cc2c1)c1ccccc1n3-c1ccc2cc3c(cc2c1)c1ccccc1n3-c1cc(-c2nc3ccccc3nc2-c2ccc3ccc4ccccc4c3c2)c2ccccc2c1. The molecule has 0 aliphatic heterocycles. The van der Waals surface area contributed by atoms with E-state index in [0.717, 1.165) is 139 Å². The third-order valence-electron chi connectivity index (χ3n) is 28.7. The first-order valence-corrected chi connectivity index (χ1v) is 46.6. The van der Waals surface area contributed by atoms with Crippen molar-refractivity contribution in [3.05, 3.63) is 461 Å². The van der Waals surface area contributed by atoms with Gasteiger partial charge in [-0.25, -0.2) is 19.9 Å². The smallest absolute Gasteiger partial charge is 0.0980 e. The number of fused-ring (bicyclic) bond motifs is 26. The Kier molecular flexibility index (Phi) is 16.5. The molecule has 0 atom stereocenters. The van der Waals surface area contributed by atoms with Gasteiger partial charge in [-0.1, -0.05) is 309 Å². The van der Waals surface area contributed by atoms with E-state index >= 15 is 0 Å². The molecule has 0 saturated heterocycles. The number of para-hydroxylation sites is 7. The highest BCUT2D eigenvalue weighted by atomic mass is 15.0. The molecule has 0 fully saturated rings. The van der Waals surface area contributed by atoms with Gasteiger partial charge in [0.2, 0.25) is 0 Å². The van der Waals surface area contributed by atoms with Crippen LogP contribution in [0.15, 0.2) is 461 Å². The maximum absolute atomic E-state index is 5.60. The van der Waals surface area contributed by atoms with Crippen LogP contribution in [0.3, 0.4) is 0 Å². The lowest BCUT2D eigenvalue weighted by Crippen LogP contribution is -2.00. The Morgan fingerprint density at radius 3 is 0.882 bits per heavy atom. The van der Waals surface area contributed by atoms with Gasteiger partial charge in [-0.05, 0) is 259 Å². The molecule has 8 heteroatoms. The van der Waals surface area contributed by atoms with Crippen molar-refractivity contribution in [2.45, 2.75) is 0 Å². The van der Waals surface area contributed by atoms with Gasteiger partial charge < -0.3 is 18.3 Å². The number of rotatable bonds is 8. The van der Waals surface area contributed by atoms with Crippen LogP contribution >= 0.6 is 0 Å². The molecule has 30 aromatic rings. The summed E-state index contributed by atoms with van der Waals surface area (Å²) in [6.45, 7) is 0. The van der Waals surface area contributed by atoms with Crippen molar-refractivity contribution in [3.8, 4) is 67.8 Å². The molecule has 0 aliphatic rings. The summed E-state index contributed by atoms with van der Waals surface area (Å²) in [7, 11) is 0. The van der Waals surface area contributed by atoms with Crippen LogP contribution in [0.5, 0.6) is 0 Å². The van der Waals surface area contributed by atoms with E-state index in [1.54, 1.807) is 0 Å². The summed E-state index contributed by atoms with van der Waals surface area (Å²) in [6.07, 6.45) is 0. The van der Waals surface area contributed by atoms with Gasteiger partial charge >= 0.3 is 0 Å². The Bertz CT molecular complexity index is 10400. The maximum Gasteiger partial charge on any atom is 0.0980 e. The molecule has 0 unspecified atom stereocenters. The normalized spacial score (nSPS) is 12.1. The molecule has 8 nitrogen and oxygen atoms in total. The first kappa shape index (κ1) is 75.6. The number of hydrogen-bond donors (Lipinski definition) is 0. The van der Waals surface area contributed by atoms with E-state index in [9.17, 15) is 0 Å². The zero-order chi connectivity index (χ0) is 88.9. The summed E-state index contributed by atoms with van der Waals surface area (Å²) in [6, 6.07) is 168. The molecule has 0 bridgehead atoms. The van der Waals surface area contributed by atoms with E-state index in [-0.39, 0.29) is 0 Å². The Hall–Kier alpha value is -18.2. The lowest BCUT2D eigenvalue weighted by atomic mass is 9.92. The summed E-state index contributed by atoms with van der Waals surface area (Å²) >= 11 is 0. The average molecular weight is 1730 g/mol. The molecule has 0 amide bonds. The van der Waals surface area contributed by atoms with Crippen molar-refractivity contribution in [1.29, 1.82) is 0 Å². The van der Waals surface area contributed by atoms with Crippen LogP contribution in [0, 0.1) is 0 Å². The molecule has 628 valence electrons. The van der Waals surface area contributed by atoms with E-state index < -0.39 is 0 Å². The number of aromatic nitrogens is 8. The molecular weight excluding hydrogens is 1650 g/mol. The average Bonchev–Trinajstić information content (AvgIpc) is 1.44. The minimum atomic E-state index is 0.853. The predicted octanol–water partition coefficient (Wildman–Crippen LogP) is 33.8. The van der Waals surface area contributed by atoms with Gasteiger partial charge in [0.15, 0.2) is 0 Å². The molecule has 30 rings (SSSR count). The second-order valence-corrected chi connectivity index (χ2v) is 36.3. The minimum Gasteiger partial charge on any atom is -0.309 e. The molecule has 6 aromatic heterocycles. The van der Waals surface area contributed by atoms with E-state index in [1.165, 1.54) is 146 Å². The molecule has 0 N–H and O–H groups in total. The van der Waals surface area contributed by atoms with Crippen molar-refractivity contribution in [3.63, 3.8) is 0 Å².